The van der Waals surface area contributed by atoms with Crippen LogP contribution in [0.3, 0.4) is 0 Å². The number of furan rings is 1. The molecule has 0 bridgehead atoms. The fraction of sp³-hybridized carbons (Fsp3) is 0.167. The minimum Gasteiger partial charge on any atom is -0.495 e. The molecular weight excluding hydrogens is 386 g/mol. The molecule has 3 aromatic rings. The van der Waals surface area contributed by atoms with Gasteiger partial charge < -0.3 is 13.9 Å². The number of nitrogens with zero attached hydrogens (tertiary/aromatic N) is 2. The molecule has 0 saturated carbocycles. The monoisotopic (exact) mass is 403 g/mol. The Labute approximate surface area is 161 Å². The van der Waals surface area contributed by atoms with Gasteiger partial charge >= 0.3 is 5.97 Å². The lowest BCUT2D eigenvalue weighted by Crippen LogP contribution is -2.25. The van der Waals surface area contributed by atoms with E-state index in [1.54, 1.807) is 12.1 Å². The first kappa shape index (κ1) is 19.5. The molecule has 1 N–H and O–H groups in total. The average Bonchev–Trinajstić information content (AvgIpc) is 3.26. The molecule has 2 aromatic heterocycles. The van der Waals surface area contributed by atoms with Crippen molar-refractivity contribution in [2.24, 2.45) is 0 Å². The molecule has 0 atom stereocenters. The zero-order chi connectivity index (χ0) is 20.1. The molecule has 2 heterocycles. The van der Waals surface area contributed by atoms with E-state index in [0.29, 0.717) is 17.1 Å². The third-order valence-corrected chi connectivity index (χ3v) is 5.25. The first-order valence-corrected chi connectivity index (χ1v) is 9.54. The number of rotatable bonds is 7. The molecule has 28 heavy (non-hydrogen) atoms. The number of hydrogen-bond acceptors (Lipinski definition) is 8. The van der Waals surface area contributed by atoms with E-state index in [9.17, 15) is 13.2 Å². The van der Waals surface area contributed by atoms with Crippen LogP contribution in [-0.4, -0.2) is 38.6 Å². The van der Waals surface area contributed by atoms with Crippen LogP contribution in [0.5, 0.6) is 5.75 Å². The molecule has 0 unspecified atom stereocenters. The number of aromatic nitrogens is 2. The second-order valence-electron chi connectivity index (χ2n) is 5.51. The van der Waals surface area contributed by atoms with Gasteiger partial charge in [-0.2, -0.15) is 0 Å². The highest BCUT2D eigenvalue weighted by Gasteiger charge is 2.23. The van der Waals surface area contributed by atoms with Crippen LogP contribution in [-0.2, 0) is 21.3 Å². The molecule has 10 heteroatoms. The second-order valence-corrected chi connectivity index (χ2v) is 7.25. The Morgan fingerprint density at radius 3 is 2.64 bits per heavy atom. The van der Waals surface area contributed by atoms with E-state index in [0.717, 1.165) is 0 Å². The summed E-state index contributed by atoms with van der Waals surface area (Å²) in [5.41, 5.74) is 0.883. The van der Waals surface area contributed by atoms with Crippen molar-refractivity contribution < 1.29 is 27.1 Å². The predicted molar refractivity (Wildman–Crippen MR) is 98.1 cm³/mol. The fourth-order valence-corrected chi connectivity index (χ4v) is 3.67. The van der Waals surface area contributed by atoms with Gasteiger partial charge in [0, 0.05) is 12.4 Å². The van der Waals surface area contributed by atoms with E-state index in [1.165, 1.54) is 51.1 Å². The maximum atomic E-state index is 12.8. The number of sulfonamides is 1. The zero-order valence-electron chi connectivity index (χ0n) is 15.1. The van der Waals surface area contributed by atoms with Gasteiger partial charge in [0.15, 0.2) is 5.76 Å². The largest absolute Gasteiger partial charge is 0.495 e. The summed E-state index contributed by atoms with van der Waals surface area (Å²) in [6.07, 6.45) is 4.42. The maximum Gasteiger partial charge on any atom is 0.337 e. The van der Waals surface area contributed by atoms with Gasteiger partial charge in [0.1, 0.15) is 16.3 Å². The van der Waals surface area contributed by atoms with Crippen LogP contribution in [0.4, 0.5) is 0 Å². The van der Waals surface area contributed by atoms with Crippen LogP contribution >= 0.6 is 0 Å². The highest BCUT2D eigenvalue weighted by Crippen LogP contribution is 2.26. The molecule has 0 fully saturated rings. The van der Waals surface area contributed by atoms with E-state index in [4.69, 9.17) is 9.15 Å². The van der Waals surface area contributed by atoms with Gasteiger partial charge in [-0.25, -0.2) is 22.9 Å². The maximum absolute atomic E-state index is 12.8. The lowest BCUT2D eigenvalue weighted by Gasteiger charge is -2.12. The Hall–Kier alpha value is -3.24. The zero-order valence-corrected chi connectivity index (χ0v) is 15.9. The van der Waals surface area contributed by atoms with Crippen LogP contribution in [0.1, 0.15) is 16.1 Å². The number of carbonyl (C=O) groups excluding carboxylic acids is 1. The van der Waals surface area contributed by atoms with Crippen LogP contribution in [0.2, 0.25) is 0 Å². The number of nitrogens with one attached hydrogen (secondary N) is 1. The van der Waals surface area contributed by atoms with Crippen LogP contribution in [0.25, 0.3) is 11.5 Å². The fourth-order valence-electron chi connectivity index (χ4n) is 2.49. The molecule has 0 amide bonds. The van der Waals surface area contributed by atoms with E-state index in [2.05, 4.69) is 19.4 Å². The Bertz CT molecular complexity index is 1080. The first-order chi connectivity index (χ1) is 13.5. The normalized spacial score (nSPS) is 11.2. The summed E-state index contributed by atoms with van der Waals surface area (Å²) >= 11 is 0. The summed E-state index contributed by atoms with van der Waals surface area (Å²) in [5.74, 6) is -0.105. The number of hydrogen-bond donors (Lipinski definition) is 1. The Balaban J connectivity index is 1.91. The van der Waals surface area contributed by atoms with Crippen molar-refractivity contribution in [3.8, 4) is 17.2 Å². The molecular formula is C18H17N3O6S. The van der Waals surface area contributed by atoms with Gasteiger partial charge in [0.25, 0.3) is 0 Å². The van der Waals surface area contributed by atoms with Gasteiger partial charge in [-0.3, -0.25) is 4.98 Å². The topological polar surface area (TPSA) is 121 Å². The molecule has 0 aliphatic heterocycles. The van der Waals surface area contributed by atoms with Gasteiger partial charge in [0.2, 0.25) is 10.0 Å². The quantitative estimate of drug-likeness (QED) is 0.595. The van der Waals surface area contributed by atoms with Gasteiger partial charge in [0.05, 0.1) is 38.3 Å². The van der Waals surface area contributed by atoms with E-state index < -0.39 is 16.0 Å². The van der Waals surface area contributed by atoms with Crippen molar-refractivity contribution in [1.29, 1.82) is 0 Å². The number of benzene rings is 1. The van der Waals surface area contributed by atoms with Crippen LogP contribution < -0.4 is 9.46 Å². The molecule has 146 valence electrons. The first-order valence-electron chi connectivity index (χ1n) is 8.06. The summed E-state index contributed by atoms with van der Waals surface area (Å²) in [7, 11) is -1.48. The Morgan fingerprint density at radius 2 is 1.96 bits per heavy atom. The average molecular weight is 403 g/mol. The third kappa shape index (κ3) is 4.02. The molecule has 9 nitrogen and oxygen atoms in total. The summed E-state index contributed by atoms with van der Waals surface area (Å²) < 4.78 is 43.2. The minimum absolute atomic E-state index is 0.0828. The van der Waals surface area contributed by atoms with Gasteiger partial charge in [-0.05, 0) is 30.3 Å². The number of ether oxygens (including phenoxy) is 2. The lowest BCUT2D eigenvalue weighted by atomic mass is 10.2. The predicted octanol–water partition coefficient (Wildman–Crippen LogP) is 2.01. The number of methoxy groups -OCH3 is 2. The third-order valence-electron chi connectivity index (χ3n) is 3.83. The van der Waals surface area contributed by atoms with E-state index in [1.807, 2.05) is 0 Å². The summed E-state index contributed by atoms with van der Waals surface area (Å²) in [4.78, 5) is 19.9. The standard InChI is InChI=1S/C18H17N3O6S/c1-25-14-6-5-12(18(22)26-2)10-16(14)28(23,24)21-11-13-17(20-8-7-19-13)15-4-3-9-27-15/h3-10,21H,11H2,1-2H3. The second kappa shape index (κ2) is 8.19. The molecule has 0 aliphatic rings. The van der Waals surface area contributed by atoms with Crippen molar-refractivity contribution in [3.63, 3.8) is 0 Å². The number of esters is 1. The summed E-state index contributed by atoms with van der Waals surface area (Å²) in [6, 6.07) is 7.39. The molecule has 0 aliphatic carbocycles. The Morgan fingerprint density at radius 1 is 1.18 bits per heavy atom. The minimum atomic E-state index is -4.03. The highest BCUT2D eigenvalue weighted by molar-refractivity contribution is 7.89. The molecule has 0 radical (unpaired) electrons. The van der Waals surface area contributed by atoms with E-state index in [-0.39, 0.29) is 22.8 Å². The van der Waals surface area contributed by atoms with Crippen LogP contribution in [0, 0.1) is 0 Å². The number of carbonyl (C=O) groups is 1. The molecule has 3 rings (SSSR count). The van der Waals surface area contributed by atoms with Crippen molar-refractivity contribution in [2.75, 3.05) is 14.2 Å². The summed E-state index contributed by atoms with van der Waals surface area (Å²) in [6.45, 7) is -0.141. The molecule has 0 saturated heterocycles. The van der Waals surface area contributed by atoms with Crippen molar-refractivity contribution in [1.82, 2.24) is 14.7 Å². The van der Waals surface area contributed by atoms with Crippen molar-refractivity contribution in [2.45, 2.75) is 11.4 Å². The molecule has 0 spiro atoms. The van der Waals surface area contributed by atoms with Crippen molar-refractivity contribution >= 4 is 16.0 Å². The van der Waals surface area contributed by atoms with Crippen LogP contribution in [0.15, 0.2) is 58.3 Å². The Kier molecular flexibility index (Phi) is 5.71. The smallest absolute Gasteiger partial charge is 0.337 e. The van der Waals surface area contributed by atoms with Crippen molar-refractivity contribution in [3.05, 3.63) is 60.2 Å². The summed E-state index contributed by atoms with van der Waals surface area (Å²) in [5, 5.41) is 0. The highest BCUT2D eigenvalue weighted by atomic mass is 32.2. The molecule has 1 aromatic carbocycles. The van der Waals surface area contributed by atoms with Gasteiger partial charge in [-0.15, -0.1) is 0 Å². The SMILES string of the molecule is COC(=O)c1ccc(OC)c(S(=O)(=O)NCc2nccnc2-c2ccco2)c1. The lowest BCUT2D eigenvalue weighted by molar-refractivity contribution is 0.0600. The van der Waals surface area contributed by atoms with Gasteiger partial charge in [-0.1, -0.05) is 0 Å². The van der Waals surface area contributed by atoms with E-state index >= 15 is 0 Å².